The van der Waals surface area contributed by atoms with E-state index in [0.29, 0.717) is 19.0 Å². The largest absolute Gasteiger partial charge is 0.468 e. The number of aryl methyl sites for hydroxylation is 1. The Morgan fingerprint density at radius 2 is 1.78 bits per heavy atom. The zero-order valence-electron chi connectivity index (χ0n) is 15.3. The smallest absolute Gasteiger partial charge is 0.422 e. The molecular weight excluding hydrogens is 357 g/mol. The minimum atomic E-state index is -4.38. The second-order valence-corrected chi connectivity index (χ2v) is 5.81. The Labute approximate surface area is 156 Å². The molecule has 0 aliphatic heterocycles. The molecule has 1 heterocycles. The summed E-state index contributed by atoms with van der Waals surface area (Å²) in [5.41, 5.74) is 3.28. The third-order valence-corrected chi connectivity index (χ3v) is 3.81. The maximum Gasteiger partial charge on any atom is 0.422 e. The van der Waals surface area contributed by atoms with E-state index in [4.69, 9.17) is 0 Å². The van der Waals surface area contributed by atoms with Crippen molar-refractivity contribution in [2.75, 3.05) is 13.7 Å². The molecule has 2 aromatic rings. The number of nitrogens with zero attached hydrogens (tertiary/aromatic N) is 2. The maximum atomic E-state index is 12.1. The molecule has 0 atom stereocenters. The second-order valence-electron chi connectivity index (χ2n) is 5.81. The number of hydrogen-bond acceptors (Lipinski definition) is 3. The van der Waals surface area contributed by atoms with Crippen molar-refractivity contribution < 1.29 is 17.9 Å². The molecule has 1 aromatic heterocycles. The van der Waals surface area contributed by atoms with Gasteiger partial charge in [-0.05, 0) is 23.1 Å². The van der Waals surface area contributed by atoms with Gasteiger partial charge in [-0.1, -0.05) is 37.3 Å². The Kier molecular flexibility index (Phi) is 7.45. The predicted molar refractivity (Wildman–Crippen MR) is 98.6 cm³/mol. The van der Waals surface area contributed by atoms with Gasteiger partial charge in [-0.15, -0.1) is 0 Å². The zero-order valence-corrected chi connectivity index (χ0v) is 15.3. The van der Waals surface area contributed by atoms with Gasteiger partial charge >= 0.3 is 6.18 Å². The van der Waals surface area contributed by atoms with Crippen LogP contribution in [0.15, 0.2) is 47.6 Å². The highest BCUT2D eigenvalue weighted by atomic mass is 19.4. The van der Waals surface area contributed by atoms with E-state index in [2.05, 4.69) is 44.4 Å². The molecule has 1 aromatic carbocycles. The summed E-state index contributed by atoms with van der Waals surface area (Å²) in [5, 5.41) is 6.39. The first-order valence-electron chi connectivity index (χ1n) is 8.57. The van der Waals surface area contributed by atoms with E-state index < -0.39 is 12.8 Å². The quantitative estimate of drug-likeness (QED) is 0.571. The highest BCUT2D eigenvalue weighted by Gasteiger charge is 2.28. The lowest BCUT2D eigenvalue weighted by molar-refractivity contribution is -0.154. The Bertz CT molecular complexity index is 745. The SMILES string of the molecule is CCc1ccccc1CNC(=NC)NCc1ccc(OCC(F)(F)F)nc1. The summed E-state index contributed by atoms with van der Waals surface area (Å²) in [6, 6.07) is 11.3. The van der Waals surface area contributed by atoms with Gasteiger partial charge in [0.15, 0.2) is 12.6 Å². The third-order valence-electron chi connectivity index (χ3n) is 3.81. The number of rotatable bonds is 7. The Hall–Kier alpha value is -2.77. The van der Waals surface area contributed by atoms with Gasteiger partial charge in [0.25, 0.3) is 0 Å². The van der Waals surface area contributed by atoms with Crippen LogP contribution in [0.2, 0.25) is 0 Å². The average molecular weight is 380 g/mol. The first-order valence-corrected chi connectivity index (χ1v) is 8.57. The van der Waals surface area contributed by atoms with Crippen LogP contribution < -0.4 is 15.4 Å². The molecule has 27 heavy (non-hydrogen) atoms. The zero-order chi connectivity index (χ0) is 19.7. The average Bonchev–Trinajstić information content (AvgIpc) is 2.67. The number of benzene rings is 1. The van der Waals surface area contributed by atoms with Crippen LogP contribution in [-0.4, -0.2) is 30.8 Å². The second kappa shape index (κ2) is 9.80. The number of aliphatic imine (C=N–C) groups is 1. The number of alkyl halides is 3. The van der Waals surface area contributed by atoms with Crippen LogP contribution in [0, 0.1) is 0 Å². The highest BCUT2D eigenvalue weighted by Crippen LogP contribution is 2.17. The van der Waals surface area contributed by atoms with Crippen molar-refractivity contribution in [1.82, 2.24) is 15.6 Å². The number of ether oxygens (including phenoxy) is 1. The summed E-state index contributed by atoms with van der Waals surface area (Å²) in [7, 11) is 1.67. The van der Waals surface area contributed by atoms with Gasteiger partial charge in [0.2, 0.25) is 5.88 Å². The minimum absolute atomic E-state index is 0.0604. The van der Waals surface area contributed by atoms with Gasteiger partial charge in [0, 0.05) is 32.4 Å². The molecule has 0 unspecified atom stereocenters. The van der Waals surface area contributed by atoms with Crippen LogP contribution in [-0.2, 0) is 19.5 Å². The van der Waals surface area contributed by atoms with Crippen molar-refractivity contribution in [1.29, 1.82) is 0 Å². The van der Waals surface area contributed by atoms with Crippen molar-refractivity contribution in [3.05, 3.63) is 59.3 Å². The molecule has 0 aliphatic rings. The molecule has 0 aliphatic carbocycles. The number of aromatic nitrogens is 1. The first-order chi connectivity index (χ1) is 12.9. The van der Waals surface area contributed by atoms with E-state index in [1.54, 1.807) is 13.1 Å². The molecule has 0 saturated carbocycles. The van der Waals surface area contributed by atoms with Gasteiger partial charge in [0.05, 0.1) is 0 Å². The molecule has 5 nitrogen and oxygen atoms in total. The van der Waals surface area contributed by atoms with Crippen molar-refractivity contribution in [2.24, 2.45) is 4.99 Å². The third kappa shape index (κ3) is 7.16. The summed E-state index contributed by atoms with van der Waals surface area (Å²) < 4.78 is 41.0. The van der Waals surface area contributed by atoms with E-state index in [0.717, 1.165) is 12.0 Å². The fraction of sp³-hybridized carbons (Fsp3) is 0.368. The van der Waals surface area contributed by atoms with Crippen molar-refractivity contribution >= 4 is 5.96 Å². The lowest BCUT2D eigenvalue weighted by Gasteiger charge is -2.14. The maximum absolute atomic E-state index is 12.1. The van der Waals surface area contributed by atoms with Gasteiger partial charge in [-0.2, -0.15) is 13.2 Å². The normalized spacial score (nSPS) is 12.0. The Morgan fingerprint density at radius 1 is 1.07 bits per heavy atom. The summed E-state index contributed by atoms with van der Waals surface area (Å²) in [4.78, 5) is 8.05. The van der Waals surface area contributed by atoms with Gasteiger partial charge in [0.1, 0.15) is 0 Å². The van der Waals surface area contributed by atoms with Crippen LogP contribution >= 0.6 is 0 Å². The number of pyridine rings is 1. The molecule has 2 rings (SSSR count). The van der Waals surface area contributed by atoms with E-state index >= 15 is 0 Å². The molecule has 2 N–H and O–H groups in total. The van der Waals surface area contributed by atoms with Gasteiger partial charge < -0.3 is 15.4 Å². The predicted octanol–water partition coefficient (Wildman–Crippen LogP) is 3.45. The molecule has 8 heteroatoms. The molecule has 0 fully saturated rings. The van der Waals surface area contributed by atoms with Gasteiger partial charge in [-0.3, -0.25) is 4.99 Å². The van der Waals surface area contributed by atoms with E-state index in [9.17, 15) is 13.2 Å². The monoisotopic (exact) mass is 380 g/mol. The first kappa shape index (κ1) is 20.5. The minimum Gasteiger partial charge on any atom is -0.468 e. The van der Waals surface area contributed by atoms with Crippen LogP contribution in [0.1, 0.15) is 23.6 Å². The molecular formula is C19H23F3N4O. The van der Waals surface area contributed by atoms with Crippen LogP contribution in [0.5, 0.6) is 5.88 Å². The van der Waals surface area contributed by atoms with Crippen LogP contribution in [0.25, 0.3) is 0 Å². The Balaban J connectivity index is 1.83. The number of guanidine groups is 1. The van der Waals surface area contributed by atoms with Crippen molar-refractivity contribution in [2.45, 2.75) is 32.6 Å². The van der Waals surface area contributed by atoms with Crippen molar-refractivity contribution in [3.63, 3.8) is 0 Å². The lowest BCUT2D eigenvalue weighted by atomic mass is 10.1. The number of hydrogen-bond donors (Lipinski definition) is 2. The van der Waals surface area contributed by atoms with Crippen LogP contribution in [0.4, 0.5) is 13.2 Å². The van der Waals surface area contributed by atoms with Crippen molar-refractivity contribution in [3.8, 4) is 5.88 Å². The summed E-state index contributed by atoms with van der Waals surface area (Å²) in [6.45, 7) is 1.84. The standard InChI is InChI=1S/C19H23F3N4O/c1-3-15-6-4-5-7-16(15)12-26-18(23-2)25-11-14-8-9-17(24-10-14)27-13-19(20,21)22/h4-10H,3,11-13H2,1-2H3,(H2,23,25,26). The summed E-state index contributed by atoms with van der Waals surface area (Å²) in [5.74, 6) is 0.563. The summed E-state index contributed by atoms with van der Waals surface area (Å²) in [6.07, 6.45) is -1.95. The topological polar surface area (TPSA) is 58.5 Å². The molecule has 0 spiro atoms. The fourth-order valence-electron chi connectivity index (χ4n) is 2.42. The van der Waals surface area contributed by atoms with Crippen LogP contribution in [0.3, 0.4) is 0 Å². The number of nitrogens with one attached hydrogen (secondary N) is 2. The molecule has 146 valence electrons. The van der Waals surface area contributed by atoms with Gasteiger partial charge in [-0.25, -0.2) is 4.98 Å². The molecule has 0 radical (unpaired) electrons. The van der Waals surface area contributed by atoms with E-state index in [1.807, 2.05) is 12.1 Å². The van der Waals surface area contributed by atoms with E-state index in [-0.39, 0.29) is 5.88 Å². The molecule has 0 amide bonds. The lowest BCUT2D eigenvalue weighted by Crippen LogP contribution is -2.36. The fourth-order valence-corrected chi connectivity index (χ4v) is 2.42. The molecule has 0 bridgehead atoms. The number of halogens is 3. The Morgan fingerprint density at radius 3 is 2.37 bits per heavy atom. The van der Waals surface area contributed by atoms with E-state index in [1.165, 1.54) is 23.4 Å². The molecule has 0 saturated heterocycles. The highest BCUT2D eigenvalue weighted by molar-refractivity contribution is 5.79. The summed E-state index contributed by atoms with van der Waals surface area (Å²) >= 11 is 0.